The molecule has 1 atom stereocenters. The highest BCUT2D eigenvalue weighted by atomic mass is 16.5. The summed E-state index contributed by atoms with van der Waals surface area (Å²) in [5, 5.41) is 3.24. The number of carbonyl (C=O) groups is 1. The van der Waals surface area contributed by atoms with Crippen LogP contribution in [-0.2, 0) is 19.0 Å². The van der Waals surface area contributed by atoms with E-state index in [-0.39, 0.29) is 11.6 Å². The molecule has 0 saturated carbocycles. The van der Waals surface area contributed by atoms with E-state index in [0.29, 0.717) is 25.3 Å². The molecule has 0 radical (unpaired) electrons. The van der Waals surface area contributed by atoms with Crippen LogP contribution in [0.25, 0.3) is 0 Å². The summed E-state index contributed by atoms with van der Waals surface area (Å²) in [5.41, 5.74) is 0.390. The van der Waals surface area contributed by atoms with Gasteiger partial charge >= 0.3 is 5.97 Å². The Hall–Kier alpha value is -0.910. The molecule has 17 heavy (non-hydrogen) atoms. The predicted molar refractivity (Wildman–Crippen MR) is 63.8 cm³/mol. The van der Waals surface area contributed by atoms with E-state index in [0.717, 1.165) is 13.0 Å². The number of nitrogens with one attached hydrogen (secondary N) is 1. The number of hydrogen-bond donors (Lipinski definition) is 1. The van der Waals surface area contributed by atoms with E-state index in [1.54, 1.807) is 14.0 Å². The van der Waals surface area contributed by atoms with Gasteiger partial charge in [-0.1, -0.05) is 6.08 Å². The largest absolute Gasteiger partial charge is 0.466 e. The third kappa shape index (κ3) is 4.11. The maximum atomic E-state index is 11.1. The van der Waals surface area contributed by atoms with Crippen LogP contribution in [0.15, 0.2) is 11.6 Å². The van der Waals surface area contributed by atoms with Crippen molar-refractivity contribution in [3.63, 3.8) is 0 Å². The van der Waals surface area contributed by atoms with Gasteiger partial charge in [0.1, 0.15) is 5.60 Å². The molecule has 5 nitrogen and oxygen atoms in total. The molecule has 0 aromatic heterocycles. The molecule has 0 aliphatic carbocycles. The third-order valence-electron chi connectivity index (χ3n) is 3.01. The van der Waals surface area contributed by atoms with Gasteiger partial charge in [0.15, 0.2) is 0 Å². The van der Waals surface area contributed by atoms with Crippen LogP contribution in [0.1, 0.15) is 13.3 Å². The minimum absolute atomic E-state index is 0.215. The van der Waals surface area contributed by atoms with Crippen molar-refractivity contribution in [3.8, 4) is 0 Å². The SMILES string of the molecule is COC(=O)C(C)=CCNCC1(OC)CCOC1. The summed E-state index contributed by atoms with van der Waals surface area (Å²) in [6.07, 6.45) is 2.71. The molecule has 0 amide bonds. The van der Waals surface area contributed by atoms with E-state index in [4.69, 9.17) is 9.47 Å². The first-order valence-corrected chi connectivity index (χ1v) is 5.72. The predicted octanol–water partition coefficient (Wildman–Crippen LogP) is 0.501. The maximum Gasteiger partial charge on any atom is 0.333 e. The van der Waals surface area contributed by atoms with Crippen LogP contribution in [0.2, 0.25) is 0 Å². The van der Waals surface area contributed by atoms with Gasteiger partial charge in [-0.25, -0.2) is 4.79 Å². The molecule has 0 aromatic carbocycles. The summed E-state index contributed by atoms with van der Waals surface area (Å²) in [5.74, 6) is -0.294. The van der Waals surface area contributed by atoms with Crippen molar-refractivity contribution in [1.82, 2.24) is 5.32 Å². The molecular weight excluding hydrogens is 222 g/mol. The molecule has 1 saturated heterocycles. The monoisotopic (exact) mass is 243 g/mol. The Morgan fingerprint density at radius 2 is 2.29 bits per heavy atom. The van der Waals surface area contributed by atoms with Crippen LogP contribution in [0, 0.1) is 0 Å². The van der Waals surface area contributed by atoms with Crippen LogP contribution >= 0.6 is 0 Å². The van der Waals surface area contributed by atoms with Crippen LogP contribution in [0.5, 0.6) is 0 Å². The van der Waals surface area contributed by atoms with Gasteiger partial charge in [-0.2, -0.15) is 0 Å². The molecule has 0 bridgehead atoms. The second-order valence-electron chi connectivity index (χ2n) is 4.20. The van der Waals surface area contributed by atoms with Crippen molar-refractivity contribution in [2.45, 2.75) is 18.9 Å². The summed E-state index contributed by atoms with van der Waals surface area (Å²) in [7, 11) is 3.08. The zero-order valence-corrected chi connectivity index (χ0v) is 10.7. The van der Waals surface area contributed by atoms with E-state index in [1.165, 1.54) is 7.11 Å². The molecule has 1 fully saturated rings. The van der Waals surface area contributed by atoms with Gasteiger partial charge < -0.3 is 19.5 Å². The van der Waals surface area contributed by atoms with Gasteiger partial charge in [-0.05, 0) is 6.92 Å². The van der Waals surface area contributed by atoms with Crippen molar-refractivity contribution in [3.05, 3.63) is 11.6 Å². The van der Waals surface area contributed by atoms with Crippen LogP contribution in [-0.4, -0.2) is 52.1 Å². The highest BCUT2D eigenvalue weighted by Crippen LogP contribution is 2.21. The van der Waals surface area contributed by atoms with Crippen LogP contribution < -0.4 is 5.32 Å². The van der Waals surface area contributed by atoms with Crippen molar-refractivity contribution in [2.24, 2.45) is 0 Å². The lowest BCUT2D eigenvalue weighted by Gasteiger charge is -2.25. The van der Waals surface area contributed by atoms with Gasteiger partial charge in [0.2, 0.25) is 0 Å². The van der Waals surface area contributed by atoms with Crippen LogP contribution in [0.4, 0.5) is 0 Å². The van der Waals surface area contributed by atoms with Gasteiger partial charge in [0.25, 0.3) is 0 Å². The lowest BCUT2D eigenvalue weighted by atomic mass is 10.0. The summed E-state index contributed by atoms with van der Waals surface area (Å²) in [4.78, 5) is 11.1. The Morgan fingerprint density at radius 1 is 1.53 bits per heavy atom. The Bertz CT molecular complexity index is 282. The molecular formula is C12H21NO4. The highest BCUT2D eigenvalue weighted by Gasteiger charge is 2.34. The molecule has 1 N–H and O–H groups in total. The fraction of sp³-hybridized carbons (Fsp3) is 0.750. The number of rotatable bonds is 6. The number of carbonyl (C=O) groups excluding carboxylic acids is 1. The van der Waals surface area contributed by atoms with Gasteiger partial charge in [0.05, 0.1) is 13.7 Å². The summed E-state index contributed by atoms with van der Waals surface area (Å²) in [6, 6.07) is 0. The number of esters is 1. The zero-order chi connectivity index (χ0) is 12.7. The smallest absolute Gasteiger partial charge is 0.333 e. The summed E-state index contributed by atoms with van der Waals surface area (Å²) >= 11 is 0. The second kappa shape index (κ2) is 6.74. The number of hydrogen-bond acceptors (Lipinski definition) is 5. The van der Waals surface area contributed by atoms with E-state index in [1.807, 2.05) is 6.08 Å². The fourth-order valence-electron chi connectivity index (χ4n) is 1.73. The Kier molecular flexibility index (Phi) is 5.61. The van der Waals surface area contributed by atoms with Crippen LogP contribution in [0.3, 0.4) is 0 Å². The normalized spacial score (nSPS) is 25.0. The van der Waals surface area contributed by atoms with Gasteiger partial charge in [-0.15, -0.1) is 0 Å². The number of methoxy groups -OCH3 is 2. The molecule has 1 aliphatic rings. The van der Waals surface area contributed by atoms with Crippen molar-refractivity contribution < 1.29 is 19.0 Å². The summed E-state index contributed by atoms with van der Waals surface area (Å²) in [6.45, 7) is 4.43. The lowest BCUT2D eigenvalue weighted by molar-refractivity contribution is -0.136. The third-order valence-corrected chi connectivity index (χ3v) is 3.01. The second-order valence-corrected chi connectivity index (χ2v) is 4.20. The van der Waals surface area contributed by atoms with E-state index < -0.39 is 0 Å². The van der Waals surface area contributed by atoms with Gasteiger partial charge in [0, 0.05) is 38.8 Å². The molecule has 0 aromatic rings. The zero-order valence-electron chi connectivity index (χ0n) is 10.7. The van der Waals surface area contributed by atoms with Crippen molar-refractivity contribution in [1.29, 1.82) is 0 Å². The van der Waals surface area contributed by atoms with Crippen molar-refractivity contribution in [2.75, 3.05) is 40.5 Å². The molecule has 1 unspecified atom stereocenters. The first-order valence-electron chi connectivity index (χ1n) is 5.72. The summed E-state index contributed by atoms with van der Waals surface area (Å²) < 4.78 is 15.4. The number of ether oxygens (including phenoxy) is 3. The lowest BCUT2D eigenvalue weighted by Crippen LogP contribution is -2.43. The quantitative estimate of drug-likeness (QED) is 0.418. The average molecular weight is 243 g/mol. The molecule has 1 rings (SSSR count). The Labute approximate surface area is 102 Å². The first kappa shape index (κ1) is 14.2. The molecule has 5 heteroatoms. The Balaban J connectivity index is 2.30. The minimum Gasteiger partial charge on any atom is -0.466 e. The highest BCUT2D eigenvalue weighted by molar-refractivity contribution is 5.87. The Morgan fingerprint density at radius 3 is 2.82 bits per heavy atom. The topological polar surface area (TPSA) is 56.8 Å². The maximum absolute atomic E-state index is 11.1. The average Bonchev–Trinajstić information content (AvgIpc) is 2.82. The molecule has 98 valence electrons. The van der Waals surface area contributed by atoms with E-state index in [2.05, 4.69) is 10.1 Å². The van der Waals surface area contributed by atoms with Gasteiger partial charge in [-0.3, -0.25) is 0 Å². The molecule has 1 heterocycles. The molecule has 0 spiro atoms. The van der Waals surface area contributed by atoms with E-state index >= 15 is 0 Å². The van der Waals surface area contributed by atoms with E-state index in [9.17, 15) is 4.79 Å². The molecule has 1 aliphatic heterocycles. The standard InChI is InChI=1S/C12H21NO4/c1-10(11(14)15-2)4-6-13-8-12(16-3)5-7-17-9-12/h4,13H,5-9H2,1-3H3. The fourth-order valence-corrected chi connectivity index (χ4v) is 1.73. The first-order chi connectivity index (χ1) is 8.13. The van der Waals surface area contributed by atoms with Crippen molar-refractivity contribution >= 4 is 5.97 Å². The minimum atomic E-state index is -0.294.